The van der Waals surface area contributed by atoms with Crippen molar-refractivity contribution in [3.63, 3.8) is 0 Å². The molecule has 0 aliphatic carbocycles. The van der Waals surface area contributed by atoms with Crippen molar-refractivity contribution in [1.82, 2.24) is 13.5 Å². The summed E-state index contributed by atoms with van der Waals surface area (Å²) in [7, 11) is 0.963. The first-order valence-corrected chi connectivity index (χ1v) is 7.36. The number of aromatic nitrogens is 3. The number of hydrogen-bond donors (Lipinski definition) is 0. The Morgan fingerprint density at radius 3 is 1.40 bits per heavy atom. The van der Waals surface area contributed by atoms with Crippen molar-refractivity contribution in [2.75, 3.05) is 0 Å². The van der Waals surface area contributed by atoms with Crippen LogP contribution in [-0.2, 0) is 456 Å². The van der Waals surface area contributed by atoms with E-state index in [0.29, 0.717) is 26.3 Å². The van der Waals surface area contributed by atoms with E-state index in [2.05, 4.69) is 4.37 Å². The summed E-state index contributed by atoms with van der Waals surface area (Å²) in [6.45, 7) is 5.46. The molecule has 0 amide bonds. The molecule has 3 rings (SSSR count). The second-order valence-corrected chi connectivity index (χ2v) is 5.76. The minimum Gasteiger partial charge on any atom is -0.292 e. The SMILES string of the molecule is [CH-]=Cc1nsc2ccc(-n3c(=O)cc(C(F)(F)F)n(C)c3=O)cc12.[W].[W].[W].[W].[W].[W].[W].[W].[W].[W].[W].[W].[W].[W].[W].[W].[W].[W].[W].[W].[W]. The zero-order valence-corrected chi connectivity index (χ0v) is 83.2. The maximum absolute atomic E-state index is 12.9. The van der Waals surface area contributed by atoms with Crippen LogP contribution in [0.1, 0.15) is 11.4 Å². The predicted octanol–water partition coefficient (Wildman–Crippen LogP) is 2.56. The van der Waals surface area contributed by atoms with Crippen LogP contribution in [0.25, 0.3) is 21.8 Å². The van der Waals surface area contributed by atoms with Crippen LogP contribution in [0, 0.1) is 6.58 Å². The fourth-order valence-corrected chi connectivity index (χ4v) is 3.09. The molecule has 1 aromatic carbocycles. The average Bonchev–Trinajstić information content (AvgIpc) is 2.92. The van der Waals surface area contributed by atoms with Gasteiger partial charge < -0.3 is 0 Å². The Morgan fingerprint density at radius 1 is 0.689 bits per heavy atom. The van der Waals surface area contributed by atoms with Crippen LogP contribution >= 0.6 is 11.5 Å². The van der Waals surface area contributed by atoms with Crippen LogP contribution in [0.4, 0.5) is 13.2 Å². The molecule has 0 fully saturated rings. The molecule has 30 heteroatoms. The molecule has 2 heterocycles. The van der Waals surface area contributed by atoms with E-state index in [0.717, 1.165) is 11.7 Å². The summed E-state index contributed by atoms with van der Waals surface area (Å²) in [5, 5.41) is 0.605. The molecule has 0 saturated heterocycles. The van der Waals surface area contributed by atoms with Gasteiger partial charge in [0.1, 0.15) is 5.69 Å². The summed E-state index contributed by atoms with van der Waals surface area (Å²) >= 11 is 1.18. The largest absolute Gasteiger partial charge is 0.431 e. The number of alkyl halides is 3. The van der Waals surface area contributed by atoms with E-state index in [4.69, 9.17) is 6.58 Å². The van der Waals surface area contributed by atoms with Crippen LogP contribution in [0.5, 0.6) is 0 Å². The molecule has 0 unspecified atom stereocenters. The van der Waals surface area contributed by atoms with E-state index in [1.54, 1.807) is 6.07 Å². The fraction of sp³-hybridized carbons (Fsp3) is 0.133. The number of halogens is 3. The van der Waals surface area contributed by atoms with Gasteiger partial charge in [0.25, 0.3) is 5.56 Å². The van der Waals surface area contributed by atoms with Crippen LogP contribution in [0.15, 0.2) is 33.9 Å². The summed E-state index contributed by atoms with van der Waals surface area (Å²) in [5.74, 6) is 0. The van der Waals surface area contributed by atoms with Gasteiger partial charge in [-0.1, -0.05) is 22.6 Å². The van der Waals surface area contributed by atoms with Gasteiger partial charge in [-0.3, -0.25) is 20.3 Å². The van der Waals surface area contributed by atoms with E-state index < -0.39 is 23.1 Å². The number of rotatable bonds is 2. The minimum absolute atomic E-state index is 0. The summed E-state index contributed by atoms with van der Waals surface area (Å²) in [4.78, 5) is 24.4. The standard InChI is InChI=1S/C15H9F3N3O2S.21W/c1-3-10-9-6-8(4-5-11(9)24-19-10)21-13(22)7-12(15(16,17)18)20(2)14(21)23;;;;;;;;;;;;;;;;;;;;;/h1,3-7H,2H3;;;;;;;;;;;;;;;;;;;;;/q-1;;;;;;;;;;;;;;;;;;;;;. The van der Waals surface area contributed by atoms with Crippen molar-refractivity contribution in [2.24, 2.45) is 7.05 Å². The zero-order valence-electron chi connectivity index (χ0n) is 20.7. The van der Waals surface area contributed by atoms with E-state index >= 15 is 0 Å². The Balaban J connectivity index is -0.0000000189. The van der Waals surface area contributed by atoms with Crippen molar-refractivity contribution in [3.05, 3.63) is 63.1 Å². The van der Waals surface area contributed by atoms with Crippen molar-refractivity contribution < 1.29 is 456 Å². The summed E-state index contributed by atoms with van der Waals surface area (Å²) in [6, 6.07) is 4.98. The van der Waals surface area contributed by atoms with Crippen molar-refractivity contribution >= 4 is 27.7 Å². The summed E-state index contributed by atoms with van der Waals surface area (Å²) in [6.07, 6.45) is -3.52. The Labute approximate surface area is 565 Å². The zero-order chi connectivity index (χ0) is 17.6. The second kappa shape index (κ2) is 62.4. The molecule has 3 aromatic rings. The van der Waals surface area contributed by atoms with Crippen LogP contribution in [0.2, 0.25) is 0 Å². The van der Waals surface area contributed by atoms with Gasteiger partial charge in [0, 0.05) is 460 Å². The number of hydrogen-bond acceptors (Lipinski definition) is 4. The molecular formula is C15H9F3N3O2SW21-. The smallest absolute Gasteiger partial charge is 0.292 e. The van der Waals surface area contributed by atoms with Gasteiger partial charge in [-0.05, 0) is 18.2 Å². The van der Waals surface area contributed by atoms with E-state index in [-0.39, 0.29) is 448 Å². The molecule has 0 N–H and O–H groups in total. The third kappa shape index (κ3) is 37.3. The van der Waals surface area contributed by atoms with Crippen LogP contribution < -0.4 is 11.2 Å². The van der Waals surface area contributed by atoms with Gasteiger partial charge in [-0.25, -0.2) is 15.4 Å². The van der Waals surface area contributed by atoms with E-state index in [1.165, 1.54) is 29.7 Å². The molecule has 250 valence electrons. The molecular weight excluding hydrogens is 4200 g/mol. The topological polar surface area (TPSA) is 56.9 Å². The third-order valence-corrected chi connectivity index (χ3v) is 4.35. The van der Waals surface area contributed by atoms with Gasteiger partial charge in [0.2, 0.25) is 0 Å². The third-order valence-electron chi connectivity index (χ3n) is 3.51. The molecule has 5 nitrogen and oxygen atoms in total. The van der Waals surface area contributed by atoms with Crippen molar-refractivity contribution in [2.45, 2.75) is 6.18 Å². The van der Waals surface area contributed by atoms with Gasteiger partial charge in [0.15, 0.2) is 0 Å². The Hall–Kier alpha value is 11.8. The Morgan fingerprint density at radius 2 is 1.07 bits per heavy atom. The average molecular weight is 4210 g/mol. The molecule has 2 aromatic heterocycles. The molecule has 0 radical (unpaired) electrons. The molecule has 0 bridgehead atoms. The molecule has 0 aliphatic heterocycles. The fourth-order valence-electron chi connectivity index (χ4n) is 2.34. The van der Waals surface area contributed by atoms with Gasteiger partial charge in [-0.2, -0.15) is 13.2 Å². The number of nitrogens with zero attached hydrogens (tertiary/aromatic N) is 3. The predicted molar refractivity (Wildman–Crippen MR) is 84.2 cm³/mol. The quantitative estimate of drug-likeness (QED) is 0.372. The maximum Gasteiger partial charge on any atom is 0.431 e. The van der Waals surface area contributed by atoms with Crippen molar-refractivity contribution in [1.29, 1.82) is 0 Å². The second-order valence-electron chi connectivity index (χ2n) is 4.96. The van der Waals surface area contributed by atoms with Crippen LogP contribution in [0.3, 0.4) is 0 Å². The number of fused-ring (bicyclic) bond motifs is 1. The molecule has 0 spiro atoms. The molecule has 0 saturated carbocycles. The minimum atomic E-state index is -4.80. The van der Waals surface area contributed by atoms with Gasteiger partial charge >= 0.3 is 11.9 Å². The normalized spacial score (nSPS) is 6.31. The van der Waals surface area contributed by atoms with Crippen LogP contribution in [-0.4, -0.2) is 13.5 Å². The monoisotopic (exact) mass is 4220 g/mol. The Bertz CT molecular complexity index is 1120. The van der Waals surface area contributed by atoms with Gasteiger partial charge in [0.05, 0.1) is 5.69 Å². The van der Waals surface area contributed by atoms with E-state index in [9.17, 15) is 22.8 Å². The molecule has 0 atom stereocenters. The Kier molecular flexibility index (Phi) is 172. The summed E-state index contributed by atoms with van der Waals surface area (Å²) < 4.78 is 44.6. The van der Waals surface area contributed by atoms with E-state index in [1.807, 2.05) is 0 Å². The maximum atomic E-state index is 12.9. The van der Waals surface area contributed by atoms with Gasteiger partial charge in [-0.15, -0.1) is 0 Å². The summed E-state index contributed by atoms with van der Waals surface area (Å²) in [5.41, 5.74) is -2.84. The first kappa shape index (κ1) is 124. The first-order valence-electron chi connectivity index (χ1n) is 6.59. The molecule has 0 aliphatic rings. The van der Waals surface area contributed by atoms with Crippen molar-refractivity contribution in [3.8, 4) is 5.69 Å². The molecule has 45 heavy (non-hydrogen) atoms. The first-order chi connectivity index (χ1) is 11.2. The number of benzene rings is 1.